The van der Waals surface area contributed by atoms with E-state index in [-0.39, 0.29) is 16.7 Å². The molecule has 1 aromatic carbocycles. The minimum absolute atomic E-state index is 0.00598. The molecule has 1 aromatic heterocycles. The van der Waals surface area contributed by atoms with Crippen LogP contribution in [0, 0.1) is 0 Å². The molecule has 6 heteroatoms. The number of fused-ring (bicyclic) bond motifs is 1. The fraction of sp³-hybridized carbons (Fsp3) is 0.429. The predicted molar refractivity (Wildman–Crippen MR) is 106 cm³/mol. The summed E-state index contributed by atoms with van der Waals surface area (Å²) in [6.45, 7) is 11.6. The van der Waals surface area contributed by atoms with Gasteiger partial charge in [0.2, 0.25) is 0 Å². The Morgan fingerprint density at radius 3 is 2.37 bits per heavy atom. The van der Waals surface area contributed by atoms with Gasteiger partial charge < -0.3 is 4.90 Å². The second kappa shape index (κ2) is 6.77. The van der Waals surface area contributed by atoms with Gasteiger partial charge in [0.1, 0.15) is 0 Å². The molecule has 2 amide bonds. The van der Waals surface area contributed by atoms with Gasteiger partial charge >= 0.3 is 0 Å². The third kappa shape index (κ3) is 3.77. The Balaban J connectivity index is 1.87. The maximum Gasteiger partial charge on any atom is 0.284 e. The summed E-state index contributed by atoms with van der Waals surface area (Å²) in [5.41, 5.74) is 4.31. The van der Waals surface area contributed by atoms with Crippen molar-refractivity contribution in [2.75, 3.05) is 6.54 Å². The molecule has 2 N–H and O–H groups in total. The van der Waals surface area contributed by atoms with Gasteiger partial charge in [-0.25, -0.2) is 5.48 Å². The highest BCUT2D eigenvalue weighted by atomic mass is 32.1. The number of carbonyl (C=O) groups is 2. The molecule has 27 heavy (non-hydrogen) atoms. The maximum atomic E-state index is 13.1. The summed E-state index contributed by atoms with van der Waals surface area (Å²) in [4.78, 5) is 28.2. The molecule has 0 aliphatic carbocycles. The van der Waals surface area contributed by atoms with E-state index in [1.807, 2.05) is 29.2 Å². The Kier molecular flexibility index (Phi) is 4.91. The van der Waals surface area contributed by atoms with Crippen LogP contribution in [0.5, 0.6) is 0 Å². The zero-order valence-corrected chi connectivity index (χ0v) is 17.2. The SMILES string of the molecule is CC(C)(C)c1ccc(C(=O)N2Cc3cc(C(=O)NO)sc3C(C)(C)C2)cc1. The molecule has 2 heterocycles. The van der Waals surface area contributed by atoms with Gasteiger partial charge in [0, 0.05) is 28.9 Å². The number of thiophene rings is 1. The van der Waals surface area contributed by atoms with Crippen LogP contribution in [0.4, 0.5) is 0 Å². The Morgan fingerprint density at radius 2 is 1.81 bits per heavy atom. The van der Waals surface area contributed by atoms with Gasteiger partial charge in [-0.3, -0.25) is 14.8 Å². The van der Waals surface area contributed by atoms with E-state index in [1.54, 1.807) is 11.5 Å². The summed E-state index contributed by atoms with van der Waals surface area (Å²) in [6, 6.07) is 9.59. The summed E-state index contributed by atoms with van der Waals surface area (Å²) in [7, 11) is 0. The van der Waals surface area contributed by atoms with Crippen LogP contribution in [0.1, 0.15) is 70.7 Å². The minimum atomic E-state index is -0.513. The molecule has 0 unspecified atom stereocenters. The molecule has 1 aliphatic heterocycles. The van der Waals surface area contributed by atoms with Crippen LogP contribution in [-0.2, 0) is 17.4 Å². The van der Waals surface area contributed by atoms with Crippen LogP contribution in [0.2, 0.25) is 0 Å². The summed E-state index contributed by atoms with van der Waals surface area (Å²) in [6.07, 6.45) is 0. The molecule has 3 rings (SSSR count). The van der Waals surface area contributed by atoms with E-state index in [2.05, 4.69) is 34.6 Å². The summed E-state index contributed by atoms with van der Waals surface area (Å²) in [5, 5.41) is 8.89. The van der Waals surface area contributed by atoms with Crippen molar-refractivity contribution < 1.29 is 14.8 Å². The van der Waals surface area contributed by atoms with Crippen molar-refractivity contribution in [1.82, 2.24) is 10.4 Å². The molecule has 0 atom stereocenters. The molecule has 0 radical (unpaired) electrons. The number of hydroxylamine groups is 1. The second-order valence-electron chi connectivity index (χ2n) is 8.78. The average Bonchev–Trinajstić information content (AvgIpc) is 3.04. The molecule has 0 spiro atoms. The predicted octanol–water partition coefficient (Wildman–Crippen LogP) is 4.10. The highest BCUT2D eigenvalue weighted by molar-refractivity contribution is 7.14. The van der Waals surface area contributed by atoms with E-state index in [9.17, 15) is 9.59 Å². The third-order valence-corrected chi connectivity index (χ3v) is 6.52. The van der Waals surface area contributed by atoms with Crippen molar-refractivity contribution in [3.05, 3.63) is 56.8 Å². The molecule has 0 saturated carbocycles. The van der Waals surface area contributed by atoms with Crippen LogP contribution < -0.4 is 5.48 Å². The Morgan fingerprint density at radius 1 is 1.19 bits per heavy atom. The van der Waals surface area contributed by atoms with Crippen molar-refractivity contribution >= 4 is 23.2 Å². The van der Waals surface area contributed by atoms with E-state index in [1.165, 1.54) is 16.9 Å². The van der Waals surface area contributed by atoms with Crippen LogP contribution in [0.3, 0.4) is 0 Å². The Hall–Kier alpha value is -2.18. The van der Waals surface area contributed by atoms with Gasteiger partial charge in [0.15, 0.2) is 0 Å². The first-order valence-corrected chi connectivity index (χ1v) is 9.82. The lowest BCUT2D eigenvalue weighted by atomic mass is 9.84. The standard InChI is InChI=1S/C21H26N2O3S/c1-20(2,3)15-8-6-13(7-9-15)19(25)23-11-14-10-16(18(24)22-26)27-17(14)21(4,5)12-23/h6-10,26H,11-12H2,1-5H3,(H,22,24). The zero-order valence-electron chi connectivity index (χ0n) is 16.4. The van der Waals surface area contributed by atoms with E-state index in [4.69, 9.17) is 5.21 Å². The molecule has 1 aliphatic rings. The Bertz CT molecular complexity index is 876. The van der Waals surface area contributed by atoms with E-state index < -0.39 is 5.91 Å². The molecular formula is C21H26N2O3S. The quantitative estimate of drug-likeness (QED) is 0.603. The van der Waals surface area contributed by atoms with Crippen LogP contribution in [-0.4, -0.2) is 28.5 Å². The first kappa shape index (κ1) is 19.6. The number of benzene rings is 1. The summed E-state index contributed by atoms with van der Waals surface area (Å²) < 4.78 is 0. The van der Waals surface area contributed by atoms with Gasteiger partial charge in [-0.2, -0.15) is 0 Å². The largest absolute Gasteiger partial charge is 0.333 e. The van der Waals surface area contributed by atoms with Crippen LogP contribution >= 0.6 is 11.3 Å². The van der Waals surface area contributed by atoms with Crippen molar-refractivity contribution in [1.29, 1.82) is 0 Å². The number of hydrogen-bond donors (Lipinski definition) is 2. The van der Waals surface area contributed by atoms with Gasteiger partial charge in [-0.05, 0) is 34.7 Å². The molecule has 2 aromatic rings. The molecule has 0 bridgehead atoms. The molecule has 0 fully saturated rings. The topological polar surface area (TPSA) is 69.6 Å². The van der Waals surface area contributed by atoms with Crippen molar-refractivity contribution in [2.24, 2.45) is 0 Å². The highest BCUT2D eigenvalue weighted by Crippen LogP contribution is 2.39. The number of nitrogens with one attached hydrogen (secondary N) is 1. The third-order valence-electron chi connectivity index (χ3n) is 4.98. The molecule has 5 nitrogen and oxygen atoms in total. The highest BCUT2D eigenvalue weighted by Gasteiger charge is 2.36. The summed E-state index contributed by atoms with van der Waals surface area (Å²) in [5.74, 6) is -0.519. The van der Waals surface area contributed by atoms with Crippen LogP contribution in [0.15, 0.2) is 30.3 Å². The van der Waals surface area contributed by atoms with Crippen LogP contribution in [0.25, 0.3) is 0 Å². The van der Waals surface area contributed by atoms with Gasteiger partial charge in [0.25, 0.3) is 11.8 Å². The van der Waals surface area contributed by atoms with E-state index in [0.29, 0.717) is 23.5 Å². The fourth-order valence-corrected chi connectivity index (χ4v) is 4.69. The smallest absolute Gasteiger partial charge is 0.284 e. The van der Waals surface area contributed by atoms with Crippen molar-refractivity contribution in [2.45, 2.75) is 52.0 Å². The summed E-state index contributed by atoms with van der Waals surface area (Å²) >= 11 is 1.38. The number of nitrogens with zero attached hydrogens (tertiary/aromatic N) is 1. The van der Waals surface area contributed by atoms with E-state index in [0.717, 1.165) is 10.4 Å². The van der Waals surface area contributed by atoms with Gasteiger partial charge in [-0.15, -0.1) is 11.3 Å². The normalized spacial score (nSPS) is 16.0. The van der Waals surface area contributed by atoms with Gasteiger partial charge in [0.05, 0.1) is 4.88 Å². The lowest BCUT2D eigenvalue weighted by Gasteiger charge is -2.38. The molecular weight excluding hydrogens is 360 g/mol. The molecule has 144 valence electrons. The first-order chi connectivity index (χ1) is 12.5. The number of amides is 2. The first-order valence-electron chi connectivity index (χ1n) is 9.00. The average molecular weight is 387 g/mol. The zero-order chi connectivity index (χ0) is 20.0. The second-order valence-corrected chi connectivity index (χ2v) is 9.83. The fourth-order valence-electron chi connectivity index (χ4n) is 3.54. The number of hydrogen-bond acceptors (Lipinski definition) is 4. The maximum absolute atomic E-state index is 13.1. The van der Waals surface area contributed by atoms with E-state index >= 15 is 0 Å². The number of carbonyl (C=O) groups excluding carboxylic acids is 2. The van der Waals surface area contributed by atoms with Crippen molar-refractivity contribution in [3.8, 4) is 0 Å². The Labute approximate surface area is 164 Å². The lowest BCUT2D eigenvalue weighted by Crippen LogP contribution is -2.44. The molecule has 0 saturated heterocycles. The number of rotatable bonds is 2. The lowest BCUT2D eigenvalue weighted by molar-refractivity contribution is 0.0689. The monoisotopic (exact) mass is 386 g/mol. The minimum Gasteiger partial charge on any atom is -0.333 e. The van der Waals surface area contributed by atoms with Gasteiger partial charge in [-0.1, -0.05) is 46.8 Å². The van der Waals surface area contributed by atoms with Crippen molar-refractivity contribution in [3.63, 3.8) is 0 Å².